The van der Waals surface area contributed by atoms with Crippen LogP contribution in [0, 0.1) is 20.2 Å². The molecule has 0 bridgehead atoms. The number of non-ortho nitro benzene ring substituents is 2. The van der Waals surface area contributed by atoms with Gasteiger partial charge in [0.1, 0.15) is 0 Å². The van der Waals surface area contributed by atoms with Crippen LogP contribution in [0.2, 0.25) is 0 Å². The van der Waals surface area contributed by atoms with E-state index in [1.807, 2.05) is 26.0 Å². The molecule has 14 nitrogen and oxygen atoms in total. The Balaban J connectivity index is 0.000000693. The molecule has 3 N–H and O–H groups in total. The summed E-state index contributed by atoms with van der Waals surface area (Å²) in [5.74, 6) is -0.880. The lowest BCUT2D eigenvalue weighted by molar-refractivity contribution is -0.385. The molecule has 0 unspecified atom stereocenters. The van der Waals surface area contributed by atoms with E-state index in [2.05, 4.69) is 0 Å². The summed E-state index contributed by atoms with van der Waals surface area (Å²) in [6, 6.07) is 19.1. The van der Waals surface area contributed by atoms with Gasteiger partial charge in [0.2, 0.25) is 0 Å². The normalized spacial score (nSPS) is 10.3. The Morgan fingerprint density at radius 1 is 0.640 bits per heavy atom. The minimum atomic E-state index is -0.800. The van der Waals surface area contributed by atoms with E-state index in [4.69, 9.17) is 25.1 Å². The van der Waals surface area contributed by atoms with E-state index in [-0.39, 0.29) is 42.3 Å². The highest BCUT2D eigenvalue weighted by atomic mass is 16.6. The molecule has 0 spiro atoms. The van der Waals surface area contributed by atoms with Gasteiger partial charge in [-0.25, -0.2) is 0 Å². The Morgan fingerprint density at radius 2 is 0.960 bits per heavy atom. The molecule has 14 heteroatoms. The van der Waals surface area contributed by atoms with Gasteiger partial charge in [-0.2, -0.15) is 0 Å². The molecule has 0 fully saturated rings. The molecule has 0 saturated carbocycles. The van der Waals surface area contributed by atoms with Crippen molar-refractivity contribution < 1.29 is 43.5 Å². The van der Waals surface area contributed by atoms with Gasteiger partial charge in [-0.05, 0) is 84.2 Å². The van der Waals surface area contributed by atoms with E-state index in [1.54, 1.807) is 77.9 Å². The number of ether oxygens (including phenoxy) is 3. The Bertz CT molecular complexity index is 1500. The van der Waals surface area contributed by atoms with Gasteiger partial charge in [0.15, 0.2) is 0 Å². The topological polar surface area (TPSA) is 211 Å². The number of carbonyl (C=O) groups is 3. The number of carbonyl (C=O) groups excluding carboxylic acids is 3. The number of rotatable bonds is 11. The summed E-state index contributed by atoms with van der Waals surface area (Å²) in [5.41, 5.74) is 7.20. The first kappa shape index (κ1) is 44.6. The first-order valence-electron chi connectivity index (χ1n) is 15.9. The Hall–Kier alpha value is -5.37. The maximum absolute atomic E-state index is 11.7. The molecule has 0 heterocycles. The van der Waals surface area contributed by atoms with Gasteiger partial charge in [-0.3, -0.25) is 34.6 Å². The lowest BCUT2D eigenvalue weighted by Crippen LogP contribution is -2.31. The third-order valence-electron chi connectivity index (χ3n) is 6.80. The van der Waals surface area contributed by atoms with Crippen LogP contribution in [0.1, 0.15) is 72.1 Å². The minimum absolute atomic E-state index is 0.00779. The summed E-state index contributed by atoms with van der Waals surface area (Å²) in [6.07, 6.45) is 0.145. The van der Waals surface area contributed by atoms with Crippen LogP contribution >= 0.6 is 0 Å². The summed E-state index contributed by atoms with van der Waals surface area (Å²) in [4.78, 5) is 54.4. The smallest absolute Gasteiger partial charge is 0.315 e. The number of nitrogen functional groups attached to an aromatic ring is 1. The van der Waals surface area contributed by atoms with Crippen LogP contribution in [0.4, 0.5) is 17.1 Å². The second-order valence-corrected chi connectivity index (χ2v) is 11.3. The SMILES string of the molecule is CCO.CCOC(=O)C(C)(C)c1ccc(N)cc1.CCOC(=O)C(C)(C)c1ccc([N+](=O)[O-])cc1.CCOC(=O)Cc1ccc([N+](=O)[O-])cc1. The van der Waals surface area contributed by atoms with Gasteiger partial charge >= 0.3 is 17.9 Å². The van der Waals surface area contributed by atoms with Crippen molar-refractivity contribution in [3.05, 3.63) is 110 Å². The van der Waals surface area contributed by atoms with E-state index in [9.17, 15) is 34.6 Å². The zero-order chi connectivity index (χ0) is 38.5. The number of benzene rings is 3. The van der Waals surface area contributed by atoms with E-state index in [0.717, 1.165) is 5.56 Å². The second-order valence-electron chi connectivity index (χ2n) is 11.3. The number of aliphatic hydroxyl groups is 1. The lowest BCUT2D eigenvalue weighted by atomic mass is 9.85. The third-order valence-corrected chi connectivity index (χ3v) is 6.80. The van der Waals surface area contributed by atoms with Gasteiger partial charge in [0, 0.05) is 36.6 Å². The highest BCUT2D eigenvalue weighted by molar-refractivity contribution is 5.83. The summed E-state index contributed by atoms with van der Waals surface area (Å²) >= 11 is 0. The quantitative estimate of drug-likeness (QED) is 0.0748. The number of esters is 3. The third kappa shape index (κ3) is 15.2. The van der Waals surface area contributed by atoms with Crippen molar-refractivity contribution in [3.8, 4) is 0 Å². The molecule has 0 atom stereocenters. The molecule has 0 saturated heterocycles. The average Bonchev–Trinajstić information content (AvgIpc) is 3.06. The van der Waals surface area contributed by atoms with Gasteiger partial charge in [-0.1, -0.05) is 36.4 Å². The van der Waals surface area contributed by atoms with Crippen LogP contribution < -0.4 is 5.73 Å². The Labute approximate surface area is 292 Å². The van der Waals surface area contributed by atoms with Crippen molar-refractivity contribution in [2.45, 2.75) is 72.6 Å². The molecule has 3 aromatic rings. The lowest BCUT2D eigenvalue weighted by Gasteiger charge is -2.22. The number of hydrogen-bond donors (Lipinski definition) is 2. The van der Waals surface area contributed by atoms with Crippen LogP contribution in [-0.2, 0) is 45.8 Å². The minimum Gasteiger partial charge on any atom is -0.466 e. The summed E-state index contributed by atoms with van der Waals surface area (Å²) < 4.78 is 14.7. The molecule has 274 valence electrons. The van der Waals surface area contributed by atoms with Crippen LogP contribution in [0.15, 0.2) is 72.8 Å². The largest absolute Gasteiger partial charge is 0.466 e. The first-order chi connectivity index (χ1) is 23.4. The number of nitrogens with zero attached hydrogens (tertiary/aromatic N) is 2. The molecular weight excluding hydrogens is 650 g/mol. The van der Waals surface area contributed by atoms with Crippen LogP contribution in [-0.4, -0.2) is 59.3 Å². The fraction of sp³-hybridized carbons (Fsp3) is 0.417. The standard InChI is InChI=1S/C12H15NO4.C12H17NO2.C10H11NO4.C2H6O/c1-4-17-11(14)12(2,3)9-5-7-10(8-6-9)13(15)16;1-4-15-11(14)12(2,3)9-5-7-10(13)8-6-9;1-2-15-10(12)7-8-3-5-9(6-4-8)11(13)14;1-2-3/h5-8H,4H2,1-3H3;5-8H,4,13H2,1-3H3;3-6H,2,7H2,1H3;3H,2H2,1H3. The van der Waals surface area contributed by atoms with Crippen molar-refractivity contribution in [1.82, 2.24) is 0 Å². The molecule has 0 amide bonds. The number of aliphatic hydroxyl groups excluding tert-OH is 1. The maximum Gasteiger partial charge on any atom is 0.315 e. The van der Waals surface area contributed by atoms with E-state index >= 15 is 0 Å². The van der Waals surface area contributed by atoms with Gasteiger partial charge in [0.25, 0.3) is 11.4 Å². The summed E-state index contributed by atoms with van der Waals surface area (Å²) in [5, 5.41) is 28.4. The zero-order valence-corrected chi connectivity index (χ0v) is 30.0. The monoisotopic (exact) mass is 699 g/mol. The molecular formula is C36H49N3O11. The molecule has 3 aromatic carbocycles. The Kier molecular flexibility index (Phi) is 19.9. The molecule has 0 aliphatic rings. The number of anilines is 1. The number of nitro groups is 2. The predicted octanol–water partition coefficient (Wildman–Crippen LogP) is 6.24. The maximum atomic E-state index is 11.7. The summed E-state index contributed by atoms with van der Waals surface area (Å²) in [6.45, 7) is 15.4. The summed E-state index contributed by atoms with van der Waals surface area (Å²) in [7, 11) is 0. The van der Waals surface area contributed by atoms with E-state index in [0.29, 0.717) is 36.6 Å². The van der Waals surface area contributed by atoms with Crippen molar-refractivity contribution in [2.75, 3.05) is 32.2 Å². The van der Waals surface area contributed by atoms with Crippen LogP contribution in [0.25, 0.3) is 0 Å². The highest BCUT2D eigenvalue weighted by Crippen LogP contribution is 2.27. The number of nitrogens with two attached hydrogens (primary N) is 1. The predicted molar refractivity (Wildman–Crippen MR) is 189 cm³/mol. The average molecular weight is 700 g/mol. The molecule has 50 heavy (non-hydrogen) atoms. The van der Waals surface area contributed by atoms with Crippen molar-refractivity contribution >= 4 is 35.0 Å². The van der Waals surface area contributed by atoms with Crippen LogP contribution in [0.5, 0.6) is 0 Å². The Morgan fingerprint density at radius 3 is 1.28 bits per heavy atom. The number of hydrogen-bond acceptors (Lipinski definition) is 12. The van der Waals surface area contributed by atoms with Crippen LogP contribution in [0.3, 0.4) is 0 Å². The van der Waals surface area contributed by atoms with Crippen molar-refractivity contribution in [3.63, 3.8) is 0 Å². The molecule has 3 rings (SSSR count). The van der Waals surface area contributed by atoms with Crippen molar-refractivity contribution in [1.29, 1.82) is 0 Å². The van der Waals surface area contributed by atoms with E-state index < -0.39 is 20.7 Å². The molecule has 0 radical (unpaired) electrons. The van der Waals surface area contributed by atoms with Gasteiger partial charge < -0.3 is 25.1 Å². The zero-order valence-electron chi connectivity index (χ0n) is 30.0. The highest BCUT2D eigenvalue weighted by Gasteiger charge is 2.32. The van der Waals surface area contributed by atoms with Gasteiger partial charge in [-0.15, -0.1) is 0 Å². The fourth-order valence-corrected chi connectivity index (χ4v) is 3.87. The first-order valence-corrected chi connectivity index (χ1v) is 15.9. The van der Waals surface area contributed by atoms with Gasteiger partial charge in [0.05, 0.1) is 46.9 Å². The molecule has 0 aliphatic heterocycles. The van der Waals surface area contributed by atoms with Crippen molar-refractivity contribution in [2.24, 2.45) is 0 Å². The number of nitro benzene ring substituents is 2. The molecule has 0 aromatic heterocycles. The second kappa shape index (κ2) is 22.3. The fourth-order valence-electron chi connectivity index (χ4n) is 3.87. The molecule has 0 aliphatic carbocycles. The van der Waals surface area contributed by atoms with E-state index in [1.165, 1.54) is 24.3 Å².